The van der Waals surface area contributed by atoms with Crippen LogP contribution in [-0.4, -0.2) is 45.4 Å². The minimum Gasteiger partial charge on any atom is -0.495 e. The van der Waals surface area contributed by atoms with Gasteiger partial charge >= 0.3 is 5.97 Å². The van der Waals surface area contributed by atoms with Crippen molar-refractivity contribution in [3.63, 3.8) is 0 Å². The van der Waals surface area contributed by atoms with E-state index in [2.05, 4.69) is 0 Å². The van der Waals surface area contributed by atoms with Gasteiger partial charge in [-0.1, -0.05) is 29.8 Å². The van der Waals surface area contributed by atoms with Gasteiger partial charge in [0.2, 0.25) is 6.54 Å². The summed E-state index contributed by atoms with van der Waals surface area (Å²) in [5.41, 5.74) is 0.900. The molecule has 0 aliphatic rings. The Morgan fingerprint density at radius 2 is 1.73 bits per heavy atom. The number of esters is 1. The molecule has 2 unspecified atom stereocenters. The molecule has 0 fully saturated rings. The molecule has 30 heavy (non-hydrogen) atoms. The fourth-order valence-electron chi connectivity index (χ4n) is 3.33. The Morgan fingerprint density at radius 1 is 1.07 bits per heavy atom. The minimum atomic E-state index is -1.00. The molecule has 8 nitrogen and oxygen atoms in total. The topological polar surface area (TPSA) is 97.1 Å². The number of carbonyl (C=O) groups excluding carboxylic acids is 1. The second kappa shape index (κ2) is 10.7. The number of halogens is 1. The third-order valence-electron chi connectivity index (χ3n) is 4.67. The van der Waals surface area contributed by atoms with Crippen molar-refractivity contribution < 1.29 is 28.7 Å². The minimum absolute atomic E-state index is 0.125. The Kier molecular flexibility index (Phi) is 8.29. The molecule has 0 radical (unpaired) electrons. The molecule has 2 rings (SSSR count). The summed E-state index contributed by atoms with van der Waals surface area (Å²) in [4.78, 5) is 24.0. The molecule has 0 N–H and O–H groups in total. The van der Waals surface area contributed by atoms with Gasteiger partial charge in [0, 0.05) is 4.92 Å². The number of hydrogen-bond donors (Lipinski definition) is 0. The summed E-state index contributed by atoms with van der Waals surface area (Å²) in [7, 11) is 4.41. The first-order chi connectivity index (χ1) is 14.4. The summed E-state index contributed by atoms with van der Waals surface area (Å²) < 4.78 is 21.1. The van der Waals surface area contributed by atoms with Crippen LogP contribution in [0, 0.1) is 10.1 Å². The van der Waals surface area contributed by atoms with Crippen LogP contribution in [0.1, 0.15) is 29.9 Å². The Morgan fingerprint density at radius 3 is 2.30 bits per heavy atom. The predicted molar refractivity (Wildman–Crippen MR) is 112 cm³/mol. The molecular weight excluding hydrogens is 414 g/mol. The van der Waals surface area contributed by atoms with Crippen LogP contribution in [0.25, 0.3) is 0 Å². The third kappa shape index (κ3) is 5.13. The van der Waals surface area contributed by atoms with Crippen molar-refractivity contribution in [1.29, 1.82) is 0 Å². The normalized spacial score (nSPS) is 12.6. The highest BCUT2D eigenvalue weighted by atomic mass is 35.5. The second-order valence-corrected chi connectivity index (χ2v) is 6.71. The Bertz CT molecular complexity index is 903. The van der Waals surface area contributed by atoms with Crippen molar-refractivity contribution >= 4 is 17.6 Å². The molecule has 0 aliphatic heterocycles. The lowest BCUT2D eigenvalue weighted by molar-refractivity contribution is -0.483. The average Bonchev–Trinajstić information content (AvgIpc) is 2.73. The zero-order valence-electron chi connectivity index (χ0n) is 17.2. The van der Waals surface area contributed by atoms with Crippen LogP contribution in [0.5, 0.6) is 17.2 Å². The number of hydrogen-bond acceptors (Lipinski definition) is 7. The van der Waals surface area contributed by atoms with Gasteiger partial charge in [-0.05, 0) is 36.2 Å². The zero-order chi connectivity index (χ0) is 22.3. The summed E-state index contributed by atoms with van der Waals surface area (Å²) in [5.74, 6) is -1.29. The third-order valence-corrected chi connectivity index (χ3v) is 5.07. The molecule has 2 atom stereocenters. The highest BCUT2D eigenvalue weighted by molar-refractivity contribution is 6.33. The number of rotatable bonds is 10. The second-order valence-electron chi connectivity index (χ2n) is 6.33. The molecule has 2 aromatic rings. The lowest BCUT2D eigenvalue weighted by atomic mass is 9.81. The summed E-state index contributed by atoms with van der Waals surface area (Å²) >= 11 is 6.46. The van der Waals surface area contributed by atoms with Crippen LogP contribution in [0.2, 0.25) is 5.02 Å². The van der Waals surface area contributed by atoms with Crippen LogP contribution in [0.3, 0.4) is 0 Å². The van der Waals surface area contributed by atoms with Gasteiger partial charge < -0.3 is 18.9 Å². The van der Waals surface area contributed by atoms with Gasteiger partial charge in [0.25, 0.3) is 0 Å². The molecule has 0 saturated heterocycles. The van der Waals surface area contributed by atoms with Crippen molar-refractivity contribution in [1.82, 2.24) is 0 Å². The van der Waals surface area contributed by atoms with Gasteiger partial charge in [0.15, 0.2) is 11.5 Å². The molecule has 9 heteroatoms. The van der Waals surface area contributed by atoms with Gasteiger partial charge in [-0.15, -0.1) is 0 Å². The van der Waals surface area contributed by atoms with E-state index in [9.17, 15) is 14.9 Å². The molecule has 2 aromatic carbocycles. The molecule has 162 valence electrons. The monoisotopic (exact) mass is 437 g/mol. The van der Waals surface area contributed by atoms with Gasteiger partial charge in [-0.25, -0.2) is 0 Å². The standard InChI is InChI=1S/C21H24ClNO7/c1-5-30-21(24)19(13-9-10-16(27-2)18(11-13)29-4)15(12-23(25)26)14-7-6-8-17(28-3)20(14)22/h6-11,15,19H,5,12H2,1-4H3. The first-order valence-electron chi connectivity index (χ1n) is 9.20. The van der Waals surface area contributed by atoms with Crippen molar-refractivity contribution in [3.8, 4) is 17.2 Å². The summed E-state index contributed by atoms with van der Waals surface area (Å²) in [6.07, 6.45) is 0. The maximum atomic E-state index is 13.0. The Balaban J connectivity index is 2.69. The maximum Gasteiger partial charge on any atom is 0.314 e. The maximum absolute atomic E-state index is 13.0. The lowest BCUT2D eigenvalue weighted by Gasteiger charge is -2.25. The summed E-state index contributed by atoms with van der Waals surface area (Å²) in [6.45, 7) is 1.26. The van der Waals surface area contributed by atoms with E-state index in [1.165, 1.54) is 21.3 Å². The SMILES string of the molecule is CCOC(=O)C(c1ccc(OC)c(OC)c1)C(C[N+](=O)[O-])c1cccc(OC)c1Cl. The van der Waals surface area contributed by atoms with Crippen LogP contribution in [-0.2, 0) is 9.53 Å². The molecule has 0 aromatic heterocycles. The van der Waals surface area contributed by atoms with E-state index in [1.54, 1.807) is 43.3 Å². The molecule has 0 amide bonds. The van der Waals surface area contributed by atoms with E-state index < -0.39 is 29.3 Å². The van der Waals surface area contributed by atoms with E-state index in [1.807, 2.05) is 0 Å². The van der Waals surface area contributed by atoms with Crippen molar-refractivity contribution in [2.24, 2.45) is 0 Å². The highest BCUT2D eigenvalue weighted by Gasteiger charge is 2.38. The largest absolute Gasteiger partial charge is 0.495 e. The first kappa shape index (κ1) is 23.3. The van der Waals surface area contributed by atoms with E-state index in [-0.39, 0.29) is 11.6 Å². The number of nitrogens with zero attached hydrogens (tertiary/aromatic N) is 1. The van der Waals surface area contributed by atoms with Crippen molar-refractivity contribution in [3.05, 3.63) is 62.7 Å². The van der Waals surface area contributed by atoms with E-state index >= 15 is 0 Å². The summed E-state index contributed by atoms with van der Waals surface area (Å²) in [5, 5.41) is 11.7. The zero-order valence-corrected chi connectivity index (χ0v) is 18.0. The number of carbonyl (C=O) groups is 1. The summed E-state index contributed by atoms with van der Waals surface area (Å²) in [6, 6.07) is 9.86. The van der Waals surface area contributed by atoms with Crippen molar-refractivity contribution in [2.75, 3.05) is 34.5 Å². The fraction of sp³-hybridized carbons (Fsp3) is 0.381. The molecule has 0 aliphatic carbocycles. The molecule has 0 spiro atoms. The number of benzene rings is 2. The molecular formula is C21H24ClNO7. The number of methoxy groups -OCH3 is 3. The Hall–Kier alpha value is -3.00. The van der Waals surface area contributed by atoms with Gasteiger partial charge in [-0.3, -0.25) is 14.9 Å². The van der Waals surface area contributed by atoms with Gasteiger partial charge in [0.1, 0.15) is 5.75 Å². The number of nitro groups is 1. The van der Waals surface area contributed by atoms with Crippen LogP contribution >= 0.6 is 11.6 Å². The van der Waals surface area contributed by atoms with Crippen LogP contribution in [0.4, 0.5) is 0 Å². The van der Waals surface area contributed by atoms with Crippen molar-refractivity contribution in [2.45, 2.75) is 18.8 Å². The highest BCUT2D eigenvalue weighted by Crippen LogP contribution is 2.42. The van der Waals surface area contributed by atoms with E-state index in [0.29, 0.717) is 28.4 Å². The van der Waals surface area contributed by atoms with Crippen LogP contribution < -0.4 is 14.2 Å². The van der Waals surface area contributed by atoms with Crippen LogP contribution in [0.15, 0.2) is 36.4 Å². The average molecular weight is 438 g/mol. The first-order valence-corrected chi connectivity index (χ1v) is 9.58. The van der Waals surface area contributed by atoms with Gasteiger partial charge in [-0.2, -0.15) is 0 Å². The quantitative estimate of drug-likeness (QED) is 0.314. The van der Waals surface area contributed by atoms with E-state index in [0.717, 1.165) is 0 Å². The van der Waals surface area contributed by atoms with E-state index in [4.69, 9.17) is 30.5 Å². The number of ether oxygens (including phenoxy) is 4. The Labute approximate surface area is 179 Å². The molecule has 0 saturated carbocycles. The molecule has 0 bridgehead atoms. The molecule has 0 heterocycles. The smallest absolute Gasteiger partial charge is 0.314 e. The predicted octanol–water partition coefficient (Wildman–Crippen LogP) is 4.07. The lowest BCUT2D eigenvalue weighted by Crippen LogP contribution is -2.28. The van der Waals surface area contributed by atoms with Gasteiger partial charge in [0.05, 0.1) is 44.8 Å². The fourth-order valence-corrected chi connectivity index (χ4v) is 3.67.